The molecule has 2 aromatic rings. The van der Waals surface area contributed by atoms with E-state index in [9.17, 15) is 4.39 Å². The Morgan fingerprint density at radius 3 is 2.88 bits per heavy atom. The maximum Gasteiger partial charge on any atom is 0.141 e. The van der Waals surface area contributed by atoms with Gasteiger partial charge in [0.15, 0.2) is 0 Å². The number of nitrogens with one attached hydrogen (secondary N) is 1. The maximum atomic E-state index is 12.8. The van der Waals surface area contributed by atoms with Crippen LogP contribution in [0.5, 0.6) is 0 Å². The van der Waals surface area contributed by atoms with Crippen molar-refractivity contribution in [3.8, 4) is 0 Å². The number of pyridine rings is 1. The monoisotopic (exact) mass is 236 g/mol. The van der Waals surface area contributed by atoms with Gasteiger partial charge in [-0.15, -0.1) is 0 Å². The van der Waals surface area contributed by atoms with Gasteiger partial charge in [-0.25, -0.2) is 4.39 Å². The molecule has 0 bridgehead atoms. The second kappa shape index (κ2) is 5.07. The van der Waals surface area contributed by atoms with Crippen molar-refractivity contribution in [2.45, 2.75) is 19.4 Å². The second-order valence-corrected chi connectivity index (χ2v) is 4.30. The quantitative estimate of drug-likeness (QED) is 0.872. The Kier molecular flexibility index (Phi) is 3.51. The Bertz CT molecular complexity index is 425. The summed E-state index contributed by atoms with van der Waals surface area (Å²) in [5.41, 5.74) is 1.96. The van der Waals surface area contributed by atoms with Crippen LogP contribution in [0.15, 0.2) is 35.2 Å². The molecule has 2 nitrogen and oxygen atoms in total. The molecule has 1 unspecified atom stereocenters. The van der Waals surface area contributed by atoms with Crippen molar-refractivity contribution in [3.05, 3.63) is 46.7 Å². The summed E-state index contributed by atoms with van der Waals surface area (Å²) in [5.74, 6) is -0.297. The minimum absolute atomic E-state index is 0.134. The molecular formula is C12H13FN2S. The van der Waals surface area contributed by atoms with Gasteiger partial charge in [-0.3, -0.25) is 4.98 Å². The first-order valence-electron chi connectivity index (χ1n) is 5.19. The van der Waals surface area contributed by atoms with Gasteiger partial charge in [-0.2, -0.15) is 11.3 Å². The van der Waals surface area contributed by atoms with E-state index in [0.29, 0.717) is 0 Å². The topological polar surface area (TPSA) is 24.9 Å². The zero-order chi connectivity index (χ0) is 11.4. The van der Waals surface area contributed by atoms with Gasteiger partial charge in [0.1, 0.15) is 5.82 Å². The van der Waals surface area contributed by atoms with E-state index in [1.165, 1.54) is 12.3 Å². The van der Waals surface area contributed by atoms with Gasteiger partial charge >= 0.3 is 0 Å². The number of aromatic nitrogens is 1. The zero-order valence-corrected chi connectivity index (χ0v) is 9.80. The summed E-state index contributed by atoms with van der Waals surface area (Å²) in [6.07, 6.45) is 2.17. The van der Waals surface area contributed by atoms with Crippen LogP contribution in [-0.2, 0) is 0 Å². The van der Waals surface area contributed by atoms with E-state index in [1.54, 1.807) is 17.4 Å². The summed E-state index contributed by atoms with van der Waals surface area (Å²) in [6.45, 7) is 2.08. The summed E-state index contributed by atoms with van der Waals surface area (Å²) in [4.78, 5) is 4.10. The Balaban J connectivity index is 2.13. The standard InChI is InChI=1S/C12H13FN2S/c1-2-11(15-10-5-6-16-8-10)12-4-3-9(13)7-14-12/h3-8,11,15H,2H2,1H3. The normalized spacial score (nSPS) is 12.4. The van der Waals surface area contributed by atoms with Crippen molar-refractivity contribution in [1.29, 1.82) is 0 Å². The smallest absolute Gasteiger partial charge is 0.141 e. The molecule has 0 radical (unpaired) electrons. The summed E-state index contributed by atoms with van der Waals surface area (Å²) in [7, 11) is 0. The van der Waals surface area contributed by atoms with Gasteiger partial charge in [-0.05, 0) is 30.0 Å². The molecule has 84 valence electrons. The predicted molar refractivity (Wildman–Crippen MR) is 65.2 cm³/mol. The van der Waals surface area contributed by atoms with E-state index in [1.807, 2.05) is 16.8 Å². The zero-order valence-electron chi connectivity index (χ0n) is 8.98. The first-order valence-corrected chi connectivity index (χ1v) is 6.14. The van der Waals surface area contributed by atoms with Gasteiger partial charge in [0, 0.05) is 11.1 Å². The number of hydrogen-bond acceptors (Lipinski definition) is 3. The summed E-state index contributed by atoms with van der Waals surface area (Å²) in [5, 5.41) is 7.44. The molecule has 0 aliphatic heterocycles. The van der Waals surface area contributed by atoms with E-state index in [-0.39, 0.29) is 11.9 Å². The number of anilines is 1. The number of nitrogens with zero attached hydrogens (tertiary/aromatic N) is 1. The van der Waals surface area contributed by atoms with Gasteiger partial charge in [0.25, 0.3) is 0 Å². The second-order valence-electron chi connectivity index (χ2n) is 3.52. The molecule has 0 aliphatic carbocycles. The van der Waals surface area contributed by atoms with Crippen LogP contribution < -0.4 is 5.32 Å². The van der Waals surface area contributed by atoms with Crippen LogP contribution in [-0.4, -0.2) is 4.98 Å². The molecule has 0 fully saturated rings. The van der Waals surface area contributed by atoms with Gasteiger partial charge in [-0.1, -0.05) is 6.92 Å². The Morgan fingerprint density at radius 1 is 1.44 bits per heavy atom. The van der Waals surface area contributed by atoms with Crippen LogP contribution in [0.3, 0.4) is 0 Å². The fraction of sp³-hybridized carbons (Fsp3) is 0.250. The number of halogens is 1. The summed E-state index contributed by atoms with van der Waals surface area (Å²) >= 11 is 1.65. The Hall–Kier alpha value is -1.42. The third-order valence-electron chi connectivity index (χ3n) is 2.38. The van der Waals surface area contributed by atoms with Crippen LogP contribution in [0.2, 0.25) is 0 Å². The lowest BCUT2D eigenvalue weighted by Crippen LogP contribution is -2.10. The molecule has 4 heteroatoms. The van der Waals surface area contributed by atoms with E-state index in [2.05, 4.69) is 17.2 Å². The number of hydrogen-bond donors (Lipinski definition) is 1. The highest BCUT2D eigenvalue weighted by atomic mass is 32.1. The molecule has 0 spiro atoms. The SMILES string of the molecule is CCC(Nc1ccsc1)c1ccc(F)cn1. The molecule has 16 heavy (non-hydrogen) atoms. The minimum atomic E-state index is -0.297. The van der Waals surface area contributed by atoms with Crippen LogP contribution in [0, 0.1) is 5.82 Å². The minimum Gasteiger partial charge on any atom is -0.376 e. The lowest BCUT2D eigenvalue weighted by Gasteiger charge is -2.16. The first-order chi connectivity index (χ1) is 7.79. The van der Waals surface area contributed by atoms with E-state index < -0.39 is 0 Å². The molecule has 2 heterocycles. The average Bonchev–Trinajstić information content (AvgIpc) is 2.80. The van der Waals surface area contributed by atoms with Crippen LogP contribution in [0.25, 0.3) is 0 Å². The van der Waals surface area contributed by atoms with E-state index >= 15 is 0 Å². The molecule has 0 saturated carbocycles. The largest absolute Gasteiger partial charge is 0.376 e. The molecule has 1 atom stereocenters. The molecule has 1 N–H and O–H groups in total. The van der Waals surface area contributed by atoms with Crippen molar-refractivity contribution in [2.75, 3.05) is 5.32 Å². The lowest BCUT2D eigenvalue weighted by atomic mass is 10.1. The molecule has 0 saturated heterocycles. The predicted octanol–water partition coefficient (Wildman–Crippen LogP) is 3.85. The maximum absolute atomic E-state index is 12.8. The molecule has 0 amide bonds. The highest BCUT2D eigenvalue weighted by molar-refractivity contribution is 7.08. The number of rotatable bonds is 4. The van der Waals surface area contributed by atoms with E-state index in [0.717, 1.165) is 17.8 Å². The fourth-order valence-corrected chi connectivity index (χ4v) is 2.12. The Morgan fingerprint density at radius 2 is 2.31 bits per heavy atom. The molecule has 0 aliphatic rings. The van der Waals surface area contributed by atoms with Gasteiger partial charge < -0.3 is 5.32 Å². The summed E-state index contributed by atoms with van der Waals surface area (Å²) in [6, 6.07) is 5.33. The van der Waals surface area contributed by atoms with Crippen molar-refractivity contribution in [2.24, 2.45) is 0 Å². The van der Waals surface area contributed by atoms with Crippen molar-refractivity contribution in [3.63, 3.8) is 0 Å². The Labute approximate surface area is 98.2 Å². The van der Waals surface area contributed by atoms with Crippen molar-refractivity contribution in [1.82, 2.24) is 4.98 Å². The third kappa shape index (κ3) is 2.58. The molecule has 2 aromatic heterocycles. The third-order valence-corrected chi connectivity index (χ3v) is 3.06. The first kappa shape index (κ1) is 11.1. The van der Waals surface area contributed by atoms with Crippen molar-refractivity contribution < 1.29 is 4.39 Å². The van der Waals surface area contributed by atoms with Gasteiger partial charge in [0.05, 0.1) is 17.9 Å². The molecular weight excluding hydrogens is 223 g/mol. The fourth-order valence-electron chi connectivity index (χ4n) is 1.53. The van der Waals surface area contributed by atoms with Crippen LogP contribution in [0.4, 0.5) is 10.1 Å². The highest BCUT2D eigenvalue weighted by Gasteiger charge is 2.10. The van der Waals surface area contributed by atoms with E-state index in [4.69, 9.17) is 0 Å². The highest BCUT2D eigenvalue weighted by Crippen LogP contribution is 2.22. The van der Waals surface area contributed by atoms with Gasteiger partial charge in [0.2, 0.25) is 0 Å². The lowest BCUT2D eigenvalue weighted by molar-refractivity contribution is 0.614. The average molecular weight is 236 g/mol. The number of thiophene rings is 1. The summed E-state index contributed by atoms with van der Waals surface area (Å²) < 4.78 is 12.8. The van der Waals surface area contributed by atoms with Crippen molar-refractivity contribution >= 4 is 17.0 Å². The van der Waals surface area contributed by atoms with Crippen LogP contribution in [0.1, 0.15) is 25.1 Å². The van der Waals surface area contributed by atoms with Crippen LogP contribution >= 0.6 is 11.3 Å². The molecule has 0 aromatic carbocycles. The molecule has 2 rings (SSSR count).